The zero-order chi connectivity index (χ0) is 12.4. The third kappa shape index (κ3) is 2.08. The maximum Gasteiger partial charge on any atom is 0.332 e. The fraction of sp³-hybridized carbons (Fsp3) is 0.0833. The molecule has 0 atom stereocenters. The summed E-state index contributed by atoms with van der Waals surface area (Å²) in [6.45, 7) is 4.85. The third-order valence-electron chi connectivity index (χ3n) is 2.23. The molecule has 0 saturated heterocycles. The summed E-state index contributed by atoms with van der Waals surface area (Å²) in [6.07, 6.45) is 3.14. The molecule has 2 rings (SSSR count). The van der Waals surface area contributed by atoms with Gasteiger partial charge in [-0.2, -0.15) is 0 Å². The lowest BCUT2D eigenvalue weighted by Crippen LogP contribution is -2.31. The molecule has 2 aromatic rings. The van der Waals surface area contributed by atoms with Gasteiger partial charge in [-0.05, 0) is 22.5 Å². The first-order valence-electron chi connectivity index (χ1n) is 4.95. The molecule has 0 aliphatic rings. The summed E-state index contributed by atoms with van der Waals surface area (Å²) in [5.74, 6) is -0.596. The second kappa shape index (κ2) is 4.21. The van der Waals surface area contributed by atoms with Crippen molar-refractivity contribution in [2.24, 2.45) is 0 Å². The van der Waals surface area contributed by atoms with Crippen LogP contribution in [-0.2, 0) is 4.79 Å². The molecule has 0 spiro atoms. The highest BCUT2D eigenvalue weighted by Crippen LogP contribution is 2.11. The van der Waals surface area contributed by atoms with Crippen molar-refractivity contribution in [2.75, 3.05) is 0 Å². The van der Waals surface area contributed by atoms with Crippen LogP contribution in [0.15, 0.2) is 35.8 Å². The fourth-order valence-electron chi connectivity index (χ4n) is 1.47. The van der Waals surface area contributed by atoms with E-state index in [2.05, 4.69) is 16.5 Å². The van der Waals surface area contributed by atoms with E-state index in [0.717, 1.165) is 5.56 Å². The molecular weight excluding hydrogens is 220 g/mol. The van der Waals surface area contributed by atoms with Gasteiger partial charge >= 0.3 is 11.5 Å². The predicted molar refractivity (Wildman–Crippen MR) is 63.4 cm³/mol. The summed E-state index contributed by atoms with van der Waals surface area (Å²) in [5.41, 5.74) is 0.428. The SMILES string of the molecule is C=Cc1ccc2c(=O)n(OC(C)=O)ncc2c1. The van der Waals surface area contributed by atoms with Crippen LogP contribution in [-0.4, -0.2) is 15.9 Å². The van der Waals surface area contributed by atoms with Gasteiger partial charge in [-0.15, -0.1) is 5.10 Å². The molecule has 0 amide bonds. The first-order chi connectivity index (χ1) is 8.11. The van der Waals surface area contributed by atoms with Crippen LogP contribution in [0.25, 0.3) is 16.8 Å². The first kappa shape index (κ1) is 11.1. The molecule has 0 N–H and O–H groups in total. The van der Waals surface area contributed by atoms with Crippen LogP contribution in [0.2, 0.25) is 0 Å². The van der Waals surface area contributed by atoms with Gasteiger partial charge in [0, 0.05) is 12.3 Å². The minimum absolute atomic E-state index is 0.437. The molecule has 1 aromatic carbocycles. The maximum absolute atomic E-state index is 11.9. The van der Waals surface area contributed by atoms with Gasteiger partial charge in [-0.3, -0.25) is 4.79 Å². The fourth-order valence-corrected chi connectivity index (χ4v) is 1.47. The average molecular weight is 230 g/mol. The van der Waals surface area contributed by atoms with Crippen molar-refractivity contribution in [1.29, 1.82) is 0 Å². The number of fused-ring (bicyclic) bond motifs is 1. The molecule has 0 fully saturated rings. The van der Waals surface area contributed by atoms with E-state index in [1.165, 1.54) is 13.1 Å². The molecular formula is C12H10N2O3. The van der Waals surface area contributed by atoms with Gasteiger partial charge < -0.3 is 4.84 Å². The lowest BCUT2D eigenvalue weighted by Gasteiger charge is -2.04. The topological polar surface area (TPSA) is 61.2 Å². The Balaban J connectivity index is 2.64. The molecule has 17 heavy (non-hydrogen) atoms. The molecule has 0 aliphatic carbocycles. The van der Waals surface area contributed by atoms with Crippen molar-refractivity contribution in [2.45, 2.75) is 6.92 Å². The monoisotopic (exact) mass is 230 g/mol. The number of aromatic nitrogens is 2. The van der Waals surface area contributed by atoms with E-state index >= 15 is 0 Å². The first-order valence-corrected chi connectivity index (χ1v) is 4.95. The molecule has 0 unspecified atom stereocenters. The molecule has 1 aromatic heterocycles. The molecule has 5 heteroatoms. The second-order valence-electron chi connectivity index (χ2n) is 3.46. The Hall–Kier alpha value is -2.43. The van der Waals surface area contributed by atoms with Crippen molar-refractivity contribution >= 4 is 22.8 Å². The second-order valence-corrected chi connectivity index (χ2v) is 3.46. The Morgan fingerprint density at radius 2 is 2.29 bits per heavy atom. The van der Waals surface area contributed by atoms with E-state index in [-0.39, 0.29) is 0 Å². The van der Waals surface area contributed by atoms with Crippen molar-refractivity contribution < 1.29 is 9.63 Å². The van der Waals surface area contributed by atoms with E-state index in [0.29, 0.717) is 15.6 Å². The summed E-state index contributed by atoms with van der Waals surface area (Å²) < 4.78 is 0. The van der Waals surface area contributed by atoms with Gasteiger partial charge in [-0.1, -0.05) is 18.7 Å². The van der Waals surface area contributed by atoms with E-state index < -0.39 is 11.5 Å². The number of hydrogen-bond acceptors (Lipinski definition) is 4. The summed E-state index contributed by atoms with van der Waals surface area (Å²) in [6, 6.07) is 5.19. The van der Waals surface area contributed by atoms with E-state index in [9.17, 15) is 9.59 Å². The lowest BCUT2D eigenvalue weighted by atomic mass is 10.1. The predicted octanol–water partition coefficient (Wildman–Crippen LogP) is 1.01. The van der Waals surface area contributed by atoms with Crippen LogP contribution in [0.4, 0.5) is 0 Å². The van der Waals surface area contributed by atoms with Crippen LogP contribution in [0.1, 0.15) is 12.5 Å². The minimum Gasteiger partial charge on any atom is -0.316 e. The zero-order valence-electron chi connectivity index (χ0n) is 9.21. The van der Waals surface area contributed by atoms with E-state index in [1.54, 1.807) is 24.3 Å². The van der Waals surface area contributed by atoms with Crippen LogP contribution in [0.5, 0.6) is 0 Å². The van der Waals surface area contributed by atoms with Gasteiger partial charge in [0.15, 0.2) is 0 Å². The van der Waals surface area contributed by atoms with Crippen LogP contribution in [0, 0.1) is 0 Å². The number of rotatable bonds is 2. The van der Waals surface area contributed by atoms with Gasteiger partial charge in [0.05, 0.1) is 11.6 Å². The van der Waals surface area contributed by atoms with Crippen LogP contribution in [0.3, 0.4) is 0 Å². The van der Waals surface area contributed by atoms with Crippen molar-refractivity contribution in [3.63, 3.8) is 0 Å². The highest BCUT2D eigenvalue weighted by molar-refractivity contribution is 5.83. The quantitative estimate of drug-likeness (QED) is 0.772. The summed E-state index contributed by atoms with van der Waals surface area (Å²) in [7, 11) is 0. The Bertz CT molecular complexity index is 658. The van der Waals surface area contributed by atoms with Crippen molar-refractivity contribution in [3.05, 3.63) is 46.9 Å². The minimum atomic E-state index is -0.596. The van der Waals surface area contributed by atoms with Gasteiger partial charge in [-0.25, -0.2) is 4.79 Å². The summed E-state index contributed by atoms with van der Waals surface area (Å²) in [5, 5.41) is 4.86. The summed E-state index contributed by atoms with van der Waals surface area (Å²) in [4.78, 5) is 28.0. The molecule has 86 valence electrons. The van der Waals surface area contributed by atoms with Crippen LogP contribution < -0.4 is 10.4 Å². The highest BCUT2D eigenvalue weighted by atomic mass is 16.7. The van der Waals surface area contributed by atoms with Gasteiger partial charge in [0.1, 0.15) is 0 Å². The third-order valence-corrected chi connectivity index (χ3v) is 2.23. The molecule has 5 nitrogen and oxygen atoms in total. The molecule has 1 heterocycles. The molecule has 0 aliphatic heterocycles. The lowest BCUT2D eigenvalue weighted by molar-refractivity contribution is -0.143. The van der Waals surface area contributed by atoms with Gasteiger partial charge in [0.2, 0.25) is 0 Å². The Morgan fingerprint density at radius 1 is 1.53 bits per heavy atom. The molecule has 0 radical (unpaired) electrons. The Morgan fingerprint density at radius 3 is 2.94 bits per heavy atom. The smallest absolute Gasteiger partial charge is 0.316 e. The van der Waals surface area contributed by atoms with Crippen molar-refractivity contribution in [1.82, 2.24) is 9.94 Å². The largest absolute Gasteiger partial charge is 0.332 e. The van der Waals surface area contributed by atoms with E-state index in [4.69, 9.17) is 0 Å². The number of carbonyl (C=O) groups excluding carboxylic acids is 1. The number of carbonyl (C=O) groups is 1. The zero-order valence-corrected chi connectivity index (χ0v) is 9.21. The van der Waals surface area contributed by atoms with Crippen molar-refractivity contribution in [3.8, 4) is 0 Å². The number of hydrogen-bond donors (Lipinski definition) is 0. The standard InChI is InChI=1S/C12H10N2O3/c1-3-9-4-5-11-10(6-9)7-13-14(12(11)16)17-8(2)15/h3-7H,1H2,2H3. The number of benzene rings is 1. The Labute approximate surface area is 96.9 Å². The Kier molecular flexibility index (Phi) is 2.74. The molecule has 0 bridgehead atoms. The normalized spacial score (nSPS) is 10.2. The summed E-state index contributed by atoms with van der Waals surface area (Å²) >= 11 is 0. The van der Waals surface area contributed by atoms with Crippen LogP contribution >= 0.6 is 0 Å². The maximum atomic E-state index is 11.9. The average Bonchev–Trinajstić information content (AvgIpc) is 2.32. The van der Waals surface area contributed by atoms with Gasteiger partial charge in [0.25, 0.3) is 0 Å². The molecule has 0 saturated carbocycles. The van der Waals surface area contributed by atoms with E-state index in [1.807, 2.05) is 0 Å². The number of nitrogens with zero attached hydrogens (tertiary/aromatic N) is 2. The highest BCUT2D eigenvalue weighted by Gasteiger charge is 2.06.